The van der Waals surface area contributed by atoms with Crippen LogP contribution in [-0.2, 0) is 11.2 Å². The molecule has 0 heterocycles. The molecule has 1 N–H and O–H groups in total. The first-order chi connectivity index (χ1) is 12.9. The fourth-order valence-electron chi connectivity index (χ4n) is 2.86. The summed E-state index contributed by atoms with van der Waals surface area (Å²) < 4.78 is 15.9. The number of hydrogen-bond donors (Lipinski definition) is 1. The van der Waals surface area contributed by atoms with E-state index >= 15 is 0 Å². The number of nitrogens with one attached hydrogen (secondary N) is 1. The van der Waals surface area contributed by atoms with Crippen LogP contribution in [0.25, 0.3) is 0 Å². The third-order valence-electron chi connectivity index (χ3n) is 4.32. The van der Waals surface area contributed by atoms with Crippen molar-refractivity contribution in [3.63, 3.8) is 0 Å². The summed E-state index contributed by atoms with van der Waals surface area (Å²) in [6, 6.07) is 10.2. The predicted octanol–water partition coefficient (Wildman–Crippen LogP) is 3.33. The standard InChI is InChI=1S/C21H25NO5/c1-13(18-12-17(25-3)7-9-20(18)27-5)22-21(24)11-16-10-15(14(2)23)6-8-19(16)26-4/h6-10,12-13H,11H2,1-5H3,(H,22,24). The van der Waals surface area contributed by atoms with Crippen molar-refractivity contribution in [3.8, 4) is 17.2 Å². The van der Waals surface area contributed by atoms with Gasteiger partial charge in [0.2, 0.25) is 5.91 Å². The molecule has 0 aromatic heterocycles. The van der Waals surface area contributed by atoms with Gasteiger partial charge in [-0.1, -0.05) is 0 Å². The molecule has 0 saturated carbocycles. The SMILES string of the molecule is COc1ccc(OC)c(C(C)NC(=O)Cc2cc(C(C)=O)ccc2OC)c1. The number of ketones is 1. The van der Waals surface area contributed by atoms with Crippen molar-refractivity contribution >= 4 is 11.7 Å². The molecule has 0 spiro atoms. The lowest BCUT2D eigenvalue weighted by Crippen LogP contribution is -2.28. The minimum Gasteiger partial charge on any atom is -0.497 e. The van der Waals surface area contributed by atoms with Gasteiger partial charge in [0.25, 0.3) is 0 Å². The van der Waals surface area contributed by atoms with E-state index in [2.05, 4.69) is 5.32 Å². The van der Waals surface area contributed by atoms with Gasteiger partial charge in [-0.3, -0.25) is 9.59 Å². The Kier molecular flexibility index (Phi) is 6.82. The van der Waals surface area contributed by atoms with E-state index < -0.39 is 0 Å². The first-order valence-corrected chi connectivity index (χ1v) is 8.58. The van der Waals surface area contributed by atoms with Gasteiger partial charge in [0, 0.05) is 16.7 Å². The average molecular weight is 371 g/mol. The van der Waals surface area contributed by atoms with E-state index in [-0.39, 0.29) is 24.2 Å². The molecular formula is C21H25NO5. The van der Waals surface area contributed by atoms with Crippen molar-refractivity contribution in [3.05, 3.63) is 53.1 Å². The van der Waals surface area contributed by atoms with Crippen molar-refractivity contribution in [1.82, 2.24) is 5.32 Å². The number of ether oxygens (including phenoxy) is 3. The van der Waals surface area contributed by atoms with Crippen LogP contribution in [-0.4, -0.2) is 33.0 Å². The van der Waals surface area contributed by atoms with Crippen molar-refractivity contribution < 1.29 is 23.8 Å². The summed E-state index contributed by atoms with van der Waals surface area (Å²) in [5.74, 6) is 1.67. The zero-order valence-corrected chi connectivity index (χ0v) is 16.3. The van der Waals surface area contributed by atoms with Crippen LogP contribution in [0, 0.1) is 0 Å². The maximum atomic E-state index is 12.6. The second kappa shape index (κ2) is 9.07. The van der Waals surface area contributed by atoms with E-state index in [4.69, 9.17) is 14.2 Å². The summed E-state index contributed by atoms with van der Waals surface area (Å²) in [7, 11) is 4.70. The summed E-state index contributed by atoms with van der Waals surface area (Å²) in [5, 5.41) is 2.96. The molecule has 1 unspecified atom stereocenters. The molecule has 6 nitrogen and oxygen atoms in total. The van der Waals surface area contributed by atoms with Crippen molar-refractivity contribution in [2.45, 2.75) is 26.3 Å². The van der Waals surface area contributed by atoms with Gasteiger partial charge in [0.05, 0.1) is 33.8 Å². The Balaban J connectivity index is 2.18. The van der Waals surface area contributed by atoms with Crippen LogP contribution in [0.4, 0.5) is 0 Å². The number of benzene rings is 2. The largest absolute Gasteiger partial charge is 0.497 e. The zero-order valence-electron chi connectivity index (χ0n) is 16.3. The average Bonchev–Trinajstić information content (AvgIpc) is 2.67. The Hall–Kier alpha value is -3.02. The number of rotatable bonds is 8. The number of carbonyl (C=O) groups excluding carboxylic acids is 2. The fraction of sp³-hybridized carbons (Fsp3) is 0.333. The molecule has 0 aliphatic carbocycles. The highest BCUT2D eigenvalue weighted by atomic mass is 16.5. The smallest absolute Gasteiger partial charge is 0.225 e. The monoisotopic (exact) mass is 371 g/mol. The summed E-state index contributed by atoms with van der Waals surface area (Å²) >= 11 is 0. The van der Waals surface area contributed by atoms with Gasteiger partial charge >= 0.3 is 0 Å². The minimum atomic E-state index is -0.287. The lowest BCUT2D eigenvalue weighted by Gasteiger charge is -2.19. The molecule has 2 rings (SSSR count). The molecule has 2 aromatic carbocycles. The van der Waals surface area contributed by atoms with Crippen LogP contribution in [0.3, 0.4) is 0 Å². The third kappa shape index (κ3) is 5.00. The van der Waals surface area contributed by atoms with Gasteiger partial charge in [-0.05, 0) is 50.2 Å². The van der Waals surface area contributed by atoms with E-state index in [1.54, 1.807) is 44.6 Å². The molecule has 0 fully saturated rings. The van der Waals surface area contributed by atoms with Gasteiger partial charge in [-0.25, -0.2) is 0 Å². The maximum absolute atomic E-state index is 12.6. The van der Waals surface area contributed by atoms with Crippen LogP contribution in [0.2, 0.25) is 0 Å². The normalized spacial score (nSPS) is 11.4. The summed E-state index contributed by atoms with van der Waals surface area (Å²) in [6.07, 6.45) is 0.0981. The topological polar surface area (TPSA) is 73.9 Å². The fourth-order valence-corrected chi connectivity index (χ4v) is 2.86. The molecule has 0 saturated heterocycles. The van der Waals surface area contributed by atoms with Crippen molar-refractivity contribution in [1.29, 1.82) is 0 Å². The van der Waals surface area contributed by atoms with Crippen LogP contribution >= 0.6 is 0 Å². The van der Waals surface area contributed by atoms with Crippen LogP contribution in [0.1, 0.15) is 41.4 Å². The first kappa shape index (κ1) is 20.3. The van der Waals surface area contributed by atoms with Gasteiger partial charge < -0.3 is 19.5 Å². The van der Waals surface area contributed by atoms with E-state index in [0.717, 1.165) is 5.56 Å². The van der Waals surface area contributed by atoms with Crippen LogP contribution < -0.4 is 19.5 Å². The Morgan fingerprint density at radius 3 is 2.22 bits per heavy atom. The maximum Gasteiger partial charge on any atom is 0.225 e. The highest BCUT2D eigenvalue weighted by molar-refractivity contribution is 5.94. The summed E-state index contributed by atoms with van der Waals surface area (Å²) in [4.78, 5) is 24.2. The predicted molar refractivity (Wildman–Crippen MR) is 103 cm³/mol. The van der Waals surface area contributed by atoms with Gasteiger partial charge in [-0.15, -0.1) is 0 Å². The number of amides is 1. The molecule has 144 valence electrons. The van der Waals surface area contributed by atoms with E-state index in [0.29, 0.717) is 28.4 Å². The molecule has 0 bridgehead atoms. The highest BCUT2D eigenvalue weighted by Gasteiger charge is 2.17. The Morgan fingerprint density at radius 1 is 0.963 bits per heavy atom. The second-order valence-electron chi connectivity index (χ2n) is 6.16. The summed E-state index contributed by atoms with van der Waals surface area (Å²) in [5.41, 5.74) is 2.02. The number of Topliss-reactive ketones (excluding diaryl/α,β-unsaturated/α-hetero) is 1. The van der Waals surface area contributed by atoms with Crippen molar-refractivity contribution in [2.75, 3.05) is 21.3 Å². The molecule has 0 aliphatic heterocycles. The minimum absolute atomic E-state index is 0.0613. The lowest BCUT2D eigenvalue weighted by molar-refractivity contribution is -0.121. The second-order valence-corrected chi connectivity index (χ2v) is 6.16. The molecule has 27 heavy (non-hydrogen) atoms. The Labute approximate surface area is 159 Å². The molecule has 2 aromatic rings. The zero-order chi connectivity index (χ0) is 20.0. The van der Waals surface area contributed by atoms with Gasteiger partial charge in [0.1, 0.15) is 17.2 Å². The molecule has 0 radical (unpaired) electrons. The molecule has 1 atom stereocenters. The van der Waals surface area contributed by atoms with E-state index in [1.807, 2.05) is 13.0 Å². The molecule has 1 amide bonds. The number of methoxy groups -OCH3 is 3. The number of hydrogen-bond acceptors (Lipinski definition) is 5. The Bertz CT molecular complexity index is 831. The van der Waals surface area contributed by atoms with Crippen molar-refractivity contribution in [2.24, 2.45) is 0 Å². The lowest BCUT2D eigenvalue weighted by atomic mass is 10.0. The van der Waals surface area contributed by atoms with Gasteiger partial charge in [0.15, 0.2) is 5.78 Å². The van der Waals surface area contributed by atoms with E-state index in [9.17, 15) is 9.59 Å². The van der Waals surface area contributed by atoms with E-state index in [1.165, 1.54) is 14.0 Å². The third-order valence-corrected chi connectivity index (χ3v) is 4.32. The van der Waals surface area contributed by atoms with Crippen LogP contribution in [0.15, 0.2) is 36.4 Å². The van der Waals surface area contributed by atoms with Crippen LogP contribution in [0.5, 0.6) is 17.2 Å². The quantitative estimate of drug-likeness (QED) is 0.721. The molecule has 0 aliphatic rings. The first-order valence-electron chi connectivity index (χ1n) is 8.58. The Morgan fingerprint density at radius 2 is 1.63 bits per heavy atom. The molecule has 6 heteroatoms. The molecular weight excluding hydrogens is 346 g/mol. The highest BCUT2D eigenvalue weighted by Crippen LogP contribution is 2.29. The number of carbonyl (C=O) groups is 2. The summed E-state index contributed by atoms with van der Waals surface area (Å²) in [6.45, 7) is 3.36. The van der Waals surface area contributed by atoms with Gasteiger partial charge in [-0.2, -0.15) is 0 Å².